The number of carbonyl (C=O) groups excluding carboxylic acids is 2. The van der Waals surface area contributed by atoms with E-state index in [0.717, 1.165) is 31.5 Å². The van der Waals surface area contributed by atoms with E-state index in [-0.39, 0.29) is 17.8 Å². The van der Waals surface area contributed by atoms with Crippen LogP contribution < -0.4 is 10.6 Å². The summed E-state index contributed by atoms with van der Waals surface area (Å²) in [5, 5.41) is 5.36. The first kappa shape index (κ1) is 17.0. The van der Waals surface area contributed by atoms with Crippen molar-refractivity contribution in [3.8, 4) is 0 Å². The minimum Gasteiger partial charge on any atom is -0.339 e. The van der Waals surface area contributed by atoms with Gasteiger partial charge in [0, 0.05) is 30.9 Å². The summed E-state index contributed by atoms with van der Waals surface area (Å²) in [6.45, 7) is 1.99. The minimum absolute atomic E-state index is 0.0612. The van der Waals surface area contributed by atoms with Crippen LogP contribution in [-0.4, -0.2) is 29.9 Å². The van der Waals surface area contributed by atoms with Gasteiger partial charge in [0.1, 0.15) is 5.82 Å². The highest BCUT2D eigenvalue weighted by Gasteiger charge is 2.19. The lowest BCUT2D eigenvalue weighted by atomic mass is 10.1. The third-order valence-corrected chi connectivity index (χ3v) is 4.15. The molecular formula is C19H20FN3O2. The van der Waals surface area contributed by atoms with Crippen molar-refractivity contribution in [2.24, 2.45) is 0 Å². The maximum Gasteiger partial charge on any atom is 0.319 e. The predicted octanol–water partition coefficient (Wildman–Crippen LogP) is 3.38. The standard InChI is InChI=1S/C19H20FN3O2/c20-16-7-9-17(10-8-16)22-19(25)21-13-14-3-5-15(6-4-14)18(24)23-11-1-2-12-23/h3-10H,1-2,11-13H2,(H2,21,22,25). The van der Waals surface area contributed by atoms with E-state index in [0.29, 0.717) is 17.8 Å². The Morgan fingerprint density at radius 2 is 1.60 bits per heavy atom. The molecule has 3 amide bonds. The molecule has 2 aromatic carbocycles. The number of halogens is 1. The molecule has 0 unspecified atom stereocenters. The SMILES string of the molecule is O=C(NCc1ccc(C(=O)N2CCCC2)cc1)Nc1ccc(F)cc1. The van der Waals surface area contributed by atoms with Crippen molar-refractivity contribution in [2.45, 2.75) is 19.4 Å². The Bertz CT molecular complexity index is 738. The summed E-state index contributed by atoms with van der Waals surface area (Å²) >= 11 is 0. The van der Waals surface area contributed by atoms with Crippen molar-refractivity contribution in [3.63, 3.8) is 0 Å². The molecule has 2 N–H and O–H groups in total. The van der Waals surface area contributed by atoms with E-state index < -0.39 is 0 Å². The predicted molar refractivity (Wildman–Crippen MR) is 93.8 cm³/mol. The van der Waals surface area contributed by atoms with Gasteiger partial charge in [-0.15, -0.1) is 0 Å². The van der Waals surface area contributed by atoms with E-state index in [1.54, 1.807) is 12.1 Å². The number of anilines is 1. The fourth-order valence-corrected chi connectivity index (χ4v) is 2.76. The normalized spacial score (nSPS) is 13.6. The molecule has 0 aromatic heterocycles. The van der Waals surface area contributed by atoms with Gasteiger partial charge in [0.25, 0.3) is 5.91 Å². The molecule has 1 fully saturated rings. The van der Waals surface area contributed by atoms with Gasteiger partial charge in [-0.1, -0.05) is 12.1 Å². The number of urea groups is 1. The van der Waals surface area contributed by atoms with Crippen molar-refractivity contribution in [2.75, 3.05) is 18.4 Å². The van der Waals surface area contributed by atoms with Crippen LogP contribution >= 0.6 is 0 Å². The summed E-state index contributed by atoms with van der Waals surface area (Å²) in [6.07, 6.45) is 2.13. The fourth-order valence-electron chi connectivity index (χ4n) is 2.76. The van der Waals surface area contributed by atoms with E-state index in [2.05, 4.69) is 10.6 Å². The topological polar surface area (TPSA) is 61.4 Å². The summed E-state index contributed by atoms with van der Waals surface area (Å²) in [5.74, 6) is -0.291. The average molecular weight is 341 g/mol. The highest BCUT2D eigenvalue weighted by atomic mass is 19.1. The molecule has 1 aliphatic rings. The molecule has 0 saturated carbocycles. The summed E-state index contributed by atoms with van der Waals surface area (Å²) in [4.78, 5) is 26.0. The van der Waals surface area contributed by atoms with Crippen molar-refractivity contribution in [1.82, 2.24) is 10.2 Å². The van der Waals surface area contributed by atoms with Crippen LogP contribution in [0.15, 0.2) is 48.5 Å². The zero-order chi connectivity index (χ0) is 17.6. The highest BCUT2D eigenvalue weighted by molar-refractivity contribution is 5.94. The van der Waals surface area contributed by atoms with Crippen LogP contribution in [0.4, 0.5) is 14.9 Å². The number of hydrogen-bond donors (Lipinski definition) is 2. The first-order valence-corrected chi connectivity index (χ1v) is 8.30. The van der Waals surface area contributed by atoms with Crippen LogP contribution in [0, 0.1) is 5.82 Å². The van der Waals surface area contributed by atoms with Crippen LogP contribution in [0.1, 0.15) is 28.8 Å². The zero-order valence-corrected chi connectivity index (χ0v) is 13.8. The average Bonchev–Trinajstić information content (AvgIpc) is 3.16. The monoisotopic (exact) mass is 341 g/mol. The summed E-state index contributed by atoms with van der Waals surface area (Å²) in [7, 11) is 0. The van der Waals surface area contributed by atoms with Crippen molar-refractivity contribution in [3.05, 3.63) is 65.5 Å². The number of nitrogens with one attached hydrogen (secondary N) is 2. The fraction of sp³-hybridized carbons (Fsp3) is 0.263. The largest absolute Gasteiger partial charge is 0.339 e. The molecule has 1 heterocycles. The number of carbonyl (C=O) groups is 2. The van der Waals surface area contributed by atoms with Crippen LogP contribution in [0.25, 0.3) is 0 Å². The van der Waals surface area contributed by atoms with Gasteiger partial charge in [0.15, 0.2) is 0 Å². The van der Waals surface area contributed by atoms with Gasteiger partial charge in [0.2, 0.25) is 0 Å². The summed E-state index contributed by atoms with van der Waals surface area (Å²) < 4.78 is 12.8. The van der Waals surface area contributed by atoms with Gasteiger partial charge in [-0.25, -0.2) is 9.18 Å². The first-order chi connectivity index (χ1) is 12.1. The number of hydrogen-bond acceptors (Lipinski definition) is 2. The molecule has 0 aliphatic carbocycles. The van der Waals surface area contributed by atoms with Crippen LogP contribution in [0.2, 0.25) is 0 Å². The Morgan fingerprint density at radius 3 is 2.24 bits per heavy atom. The second kappa shape index (κ2) is 7.79. The van der Waals surface area contributed by atoms with Crippen molar-refractivity contribution in [1.29, 1.82) is 0 Å². The van der Waals surface area contributed by atoms with E-state index >= 15 is 0 Å². The van der Waals surface area contributed by atoms with Gasteiger partial charge in [-0.05, 0) is 54.8 Å². The molecule has 3 rings (SSSR count). The zero-order valence-electron chi connectivity index (χ0n) is 13.8. The number of benzene rings is 2. The molecule has 0 spiro atoms. The molecule has 0 bridgehead atoms. The van der Waals surface area contributed by atoms with Gasteiger partial charge < -0.3 is 15.5 Å². The minimum atomic E-state index is -0.371. The number of amides is 3. The lowest BCUT2D eigenvalue weighted by Gasteiger charge is -2.15. The molecule has 5 nitrogen and oxygen atoms in total. The van der Waals surface area contributed by atoms with E-state index in [1.807, 2.05) is 17.0 Å². The van der Waals surface area contributed by atoms with Crippen LogP contribution in [0.5, 0.6) is 0 Å². The number of likely N-dealkylation sites (tertiary alicyclic amines) is 1. The third-order valence-electron chi connectivity index (χ3n) is 4.15. The maximum absolute atomic E-state index is 12.8. The molecular weight excluding hydrogens is 321 g/mol. The van der Waals surface area contributed by atoms with Crippen molar-refractivity contribution >= 4 is 17.6 Å². The quantitative estimate of drug-likeness (QED) is 0.895. The lowest BCUT2D eigenvalue weighted by Crippen LogP contribution is -2.28. The Kier molecular flexibility index (Phi) is 5.28. The van der Waals surface area contributed by atoms with Gasteiger partial charge >= 0.3 is 6.03 Å². The summed E-state index contributed by atoms with van der Waals surface area (Å²) in [6, 6.07) is 12.4. The van der Waals surface area contributed by atoms with E-state index in [1.165, 1.54) is 24.3 Å². The Balaban J connectivity index is 1.50. The number of nitrogens with zero attached hydrogens (tertiary/aromatic N) is 1. The van der Waals surface area contributed by atoms with E-state index in [9.17, 15) is 14.0 Å². The second-order valence-electron chi connectivity index (χ2n) is 6.01. The molecule has 130 valence electrons. The third kappa shape index (κ3) is 4.56. The summed E-state index contributed by atoms with van der Waals surface area (Å²) in [5.41, 5.74) is 2.08. The lowest BCUT2D eigenvalue weighted by molar-refractivity contribution is 0.0793. The molecule has 25 heavy (non-hydrogen) atoms. The first-order valence-electron chi connectivity index (χ1n) is 8.30. The second-order valence-corrected chi connectivity index (χ2v) is 6.01. The highest BCUT2D eigenvalue weighted by Crippen LogP contribution is 2.14. The molecule has 0 radical (unpaired) electrons. The Labute approximate surface area is 145 Å². The van der Waals surface area contributed by atoms with Crippen LogP contribution in [0.3, 0.4) is 0 Å². The smallest absolute Gasteiger partial charge is 0.319 e. The molecule has 1 saturated heterocycles. The van der Waals surface area contributed by atoms with Gasteiger partial charge in [0.05, 0.1) is 0 Å². The van der Waals surface area contributed by atoms with Crippen LogP contribution in [-0.2, 0) is 6.54 Å². The molecule has 6 heteroatoms. The number of rotatable bonds is 4. The molecule has 0 atom stereocenters. The van der Waals surface area contributed by atoms with Gasteiger partial charge in [-0.3, -0.25) is 4.79 Å². The Morgan fingerprint density at radius 1 is 0.960 bits per heavy atom. The Hall–Kier alpha value is -2.89. The van der Waals surface area contributed by atoms with E-state index in [4.69, 9.17) is 0 Å². The maximum atomic E-state index is 12.8. The van der Waals surface area contributed by atoms with Crippen molar-refractivity contribution < 1.29 is 14.0 Å². The molecule has 1 aliphatic heterocycles. The van der Waals surface area contributed by atoms with Gasteiger partial charge in [-0.2, -0.15) is 0 Å². The molecule has 2 aromatic rings.